The maximum Gasteiger partial charge on any atom is 0.230 e. The lowest BCUT2D eigenvalue weighted by Gasteiger charge is -2.12. The fraction of sp³-hybridized carbons (Fsp3) is 0.409. The highest BCUT2D eigenvalue weighted by Crippen LogP contribution is 2.34. The second kappa shape index (κ2) is 10.6. The third-order valence-electron chi connectivity index (χ3n) is 4.61. The van der Waals surface area contributed by atoms with E-state index in [0.717, 1.165) is 38.7 Å². The zero-order valence-electron chi connectivity index (χ0n) is 17.8. The number of fused-ring (bicyclic) bond motifs is 1. The minimum absolute atomic E-state index is 0.00710. The van der Waals surface area contributed by atoms with Crippen LogP contribution in [0.5, 0.6) is 11.5 Å². The molecule has 3 aromatic rings. The lowest BCUT2D eigenvalue weighted by atomic mass is 10.1. The second-order valence-corrected chi connectivity index (χ2v) is 8.85. The number of benzene rings is 1. The van der Waals surface area contributed by atoms with Gasteiger partial charge in [-0.25, -0.2) is 9.97 Å². The van der Waals surface area contributed by atoms with Gasteiger partial charge >= 0.3 is 0 Å². The van der Waals surface area contributed by atoms with Gasteiger partial charge in [-0.3, -0.25) is 4.79 Å². The molecule has 0 unspecified atom stereocenters. The molecular formula is C22H27N3O3S2. The normalized spacial score (nSPS) is 10.9. The topological polar surface area (TPSA) is 73.3 Å². The Balaban J connectivity index is 1.53. The summed E-state index contributed by atoms with van der Waals surface area (Å²) in [6.45, 7) is 9.80. The summed E-state index contributed by atoms with van der Waals surface area (Å²) >= 11 is 3.12. The summed E-state index contributed by atoms with van der Waals surface area (Å²) in [5.74, 6) is 1.81. The first-order valence-corrected chi connectivity index (χ1v) is 11.8. The van der Waals surface area contributed by atoms with Crippen molar-refractivity contribution in [3.05, 3.63) is 40.5 Å². The Labute approximate surface area is 185 Å². The van der Waals surface area contributed by atoms with Gasteiger partial charge < -0.3 is 14.8 Å². The van der Waals surface area contributed by atoms with Crippen LogP contribution in [0.15, 0.2) is 29.6 Å². The number of aryl methyl sites for hydroxylation is 2. The molecular weight excluding hydrogens is 418 g/mol. The van der Waals surface area contributed by atoms with Gasteiger partial charge in [-0.15, -0.1) is 11.3 Å². The third kappa shape index (κ3) is 5.43. The molecule has 0 atom stereocenters. The molecule has 0 saturated heterocycles. The molecule has 1 N–H and O–H groups in total. The number of hydrogen-bond donors (Lipinski definition) is 1. The summed E-state index contributed by atoms with van der Waals surface area (Å²) in [5.41, 5.74) is 2.29. The van der Waals surface area contributed by atoms with Crippen molar-refractivity contribution in [1.29, 1.82) is 0 Å². The van der Waals surface area contributed by atoms with Crippen molar-refractivity contribution in [3.8, 4) is 11.5 Å². The van der Waals surface area contributed by atoms with Crippen LogP contribution >= 0.6 is 23.1 Å². The van der Waals surface area contributed by atoms with Gasteiger partial charge in [-0.2, -0.15) is 0 Å². The van der Waals surface area contributed by atoms with Crippen molar-refractivity contribution in [1.82, 2.24) is 15.3 Å². The van der Waals surface area contributed by atoms with E-state index in [4.69, 9.17) is 9.47 Å². The van der Waals surface area contributed by atoms with Gasteiger partial charge in [0.15, 0.2) is 11.5 Å². The van der Waals surface area contributed by atoms with Gasteiger partial charge in [0.2, 0.25) is 5.91 Å². The number of rotatable bonds is 10. The van der Waals surface area contributed by atoms with Crippen molar-refractivity contribution in [2.75, 3.05) is 25.5 Å². The third-order valence-corrected chi connectivity index (χ3v) is 6.72. The Bertz CT molecular complexity index is 1020. The number of aromatic nitrogens is 2. The maximum absolute atomic E-state index is 12.3. The zero-order chi connectivity index (χ0) is 21.5. The minimum Gasteiger partial charge on any atom is -0.490 e. The predicted molar refractivity (Wildman–Crippen MR) is 123 cm³/mol. The van der Waals surface area contributed by atoms with Crippen molar-refractivity contribution in [2.45, 2.75) is 39.1 Å². The Kier molecular flexibility index (Phi) is 7.93. The lowest BCUT2D eigenvalue weighted by molar-refractivity contribution is -0.118. The van der Waals surface area contributed by atoms with Gasteiger partial charge in [0.05, 0.1) is 19.0 Å². The van der Waals surface area contributed by atoms with Crippen LogP contribution < -0.4 is 14.8 Å². The van der Waals surface area contributed by atoms with E-state index in [-0.39, 0.29) is 5.91 Å². The largest absolute Gasteiger partial charge is 0.490 e. The van der Waals surface area contributed by atoms with Crippen LogP contribution in [0.1, 0.15) is 29.9 Å². The summed E-state index contributed by atoms with van der Waals surface area (Å²) in [6.07, 6.45) is 2.29. The molecule has 0 aliphatic carbocycles. The molecule has 0 saturated carbocycles. The molecule has 1 aromatic carbocycles. The fourth-order valence-corrected chi connectivity index (χ4v) is 4.99. The highest BCUT2D eigenvalue weighted by Gasteiger charge is 2.14. The number of nitrogens with one attached hydrogen (secondary N) is 1. The summed E-state index contributed by atoms with van der Waals surface area (Å²) in [5, 5.41) is 4.92. The molecule has 1 amide bonds. The molecule has 2 heterocycles. The first-order valence-electron chi connectivity index (χ1n) is 10.0. The number of carbonyl (C=O) groups is 1. The number of carbonyl (C=O) groups excluding carboxylic acids is 1. The Morgan fingerprint density at radius 1 is 1.13 bits per heavy atom. The molecule has 0 fully saturated rings. The highest BCUT2D eigenvalue weighted by molar-refractivity contribution is 8.00. The zero-order valence-corrected chi connectivity index (χ0v) is 19.4. The first-order chi connectivity index (χ1) is 14.5. The molecule has 0 aliphatic rings. The summed E-state index contributed by atoms with van der Waals surface area (Å²) < 4.78 is 11.3. The van der Waals surface area contributed by atoms with Crippen LogP contribution in [0, 0.1) is 13.8 Å². The molecule has 3 rings (SSSR count). The van der Waals surface area contributed by atoms with Crippen LogP contribution in [0.2, 0.25) is 0 Å². The number of hydrogen-bond acceptors (Lipinski definition) is 7. The van der Waals surface area contributed by atoms with E-state index in [1.54, 1.807) is 17.7 Å². The number of nitrogens with zero attached hydrogens (tertiary/aromatic N) is 2. The number of thioether (sulfide) groups is 1. The number of amides is 1. The Hall–Kier alpha value is -2.32. The monoisotopic (exact) mass is 445 g/mol. The van der Waals surface area contributed by atoms with E-state index in [9.17, 15) is 4.79 Å². The Morgan fingerprint density at radius 2 is 1.90 bits per heavy atom. The molecule has 0 spiro atoms. The van der Waals surface area contributed by atoms with Crippen molar-refractivity contribution < 1.29 is 14.3 Å². The molecule has 0 bridgehead atoms. The molecule has 30 heavy (non-hydrogen) atoms. The van der Waals surface area contributed by atoms with Crippen LogP contribution in [0.4, 0.5) is 0 Å². The standard InChI is InChI=1S/C22H27N3O3S2/c1-5-27-17-8-7-16(11-18(17)28-6-2)9-10-23-19(26)12-29-21-20-14(3)15(4)30-22(20)25-13-24-21/h7-8,11,13H,5-6,9-10,12H2,1-4H3,(H,23,26). The minimum atomic E-state index is -0.00710. The van der Waals surface area contributed by atoms with Gasteiger partial charge in [-0.1, -0.05) is 17.8 Å². The predicted octanol–water partition coefficient (Wildman–Crippen LogP) is 4.56. The van der Waals surface area contributed by atoms with E-state index in [0.29, 0.717) is 25.5 Å². The summed E-state index contributed by atoms with van der Waals surface area (Å²) in [4.78, 5) is 23.3. The van der Waals surface area contributed by atoms with Crippen LogP contribution in [0.25, 0.3) is 10.2 Å². The highest BCUT2D eigenvalue weighted by atomic mass is 32.2. The average Bonchev–Trinajstić information content (AvgIpc) is 3.03. The summed E-state index contributed by atoms with van der Waals surface area (Å²) in [6, 6.07) is 5.91. The summed E-state index contributed by atoms with van der Waals surface area (Å²) in [7, 11) is 0. The lowest BCUT2D eigenvalue weighted by Crippen LogP contribution is -2.27. The van der Waals surface area contributed by atoms with Crippen molar-refractivity contribution in [2.24, 2.45) is 0 Å². The molecule has 6 nitrogen and oxygen atoms in total. The quantitative estimate of drug-likeness (QED) is 0.364. The van der Waals surface area contributed by atoms with E-state index < -0.39 is 0 Å². The number of thiophene rings is 1. The van der Waals surface area contributed by atoms with Crippen LogP contribution in [-0.4, -0.2) is 41.4 Å². The van der Waals surface area contributed by atoms with E-state index in [2.05, 4.69) is 29.1 Å². The molecule has 160 valence electrons. The van der Waals surface area contributed by atoms with Crippen LogP contribution in [-0.2, 0) is 11.2 Å². The molecule has 0 radical (unpaired) electrons. The Morgan fingerprint density at radius 3 is 2.67 bits per heavy atom. The molecule has 0 aliphatic heterocycles. The molecule has 2 aromatic heterocycles. The number of ether oxygens (including phenoxy) is 2. The smallest absolute Gasteiger partial charge is 0.230 e. The SMILES string of the molecule is CCOc1ccc(CCNC(=O)CSc2ncnc3sc(C)c(C)c23)cc1OCC. The van der Waals surface area contributed by atoms with Crippen molar-refractivity contribution >= 4 is 39.2 Å². The average molecular weight is 446 g/mol. The van der Waals surface area contributed by atoms with Crippen molar-refractivity contribution in [3.63, 3.8) is 0 Å². The van der Waals surface area contributed by atoms with Crippen LogP contribution in [0.3, 0.4) is 0 Å². The van der Waals surface area contributed by atoms with Gasteiger partial charge in [0, 0.05) is 16.8 Å². The van der Waals surface area contributed by atoms with Gasteiger partial charge in [-0.05, 0) is 57.4 Å². The molecule has 8 heteroatoms. The first kappa shape index (κ1) is 22.4. The van der Waals surface area contributed by atoms with Gasteiger partial charge in [0.1, 0.15) is 16.2 Å². The van der Waals surface area contributed by atoms with E-state index in [1.807, 2.05) is 32.0 Å². The van der Waals surface area contributed by atoms with E-state index >= 15 is 0 Å². The van der Waals surface area contributed by atoms with Gasteiger partial charge in [0.25, 0.3) is 0 Å². The fourth-order valence-electron chi connectivity index (χ4n) is 3.04. The second-order valence-electron chi connectivity index (χ2n) is 6.68. The maximum atomic E-state index is 12.3. The van der Waals surface area contributed by atoms with E-state index in [1.165, 1.54) is 22.2 Å².